The molecule has 0 radical (unpaired) electrons. The molecule has 6 rings (SSSR count). The number of allylic oxidation sites excluding steroid dienone is 2. The van der Waals surface area contributed by atoms with Crippen molar-refractivity contribution in [2.24, 2.45) is 0 Å². The fourth-order valence-corrected chi connectivity index (χ4v) is 5.00. The van der Waals surface area contributed by atoms with E-state index in [2.05, 4.69) is 10.4 Å². The van der Waals surface area contributed by atoms with Crippen molar-refractivity contribution < 1.29 is 14.3 Å². The Balaban J connectivity index is 1.40. The Hall–Kier alpha value is -4.65. The molecule has 0 saturated carbocycles. The van der Waals surface area contributed by atoms with Crippen molar-refractivity contribution in [3.05, 3.63) is 123 Å². The van der Waals surface area contributed by atoms with Crippen molar-refractivity contribution in [1.82, 2.24) is 9.78 Å². The monoisotopic (exact) mass is 477 g/mol. The molecule has 0 spiro atoms. The Kier molecular flexibility index (Phi) is 5.37. The van der Waals surface area contributed by atoms with Crippen LogP contribution in [0.25, 0.3) is 5.69 Å². The van der Waals surface area contributed by atoms with Gasteiger partial charge >= 0.3 is 5.97 Å². The third-order valence-electron chi connectivity index (χ3n) is 6.68. The van der Waals surface area contributed by atoms with E-state index < -0.39 is 11.9 Å². The first-order valence-corrected chi connectivity index (χ1v) is 11.9. The van der Waals surface area contributed by atoms with Crippen LogP contribution in [-0.2, 0) is 4.79 Å². The number of fused-ring (bicyclic) bond motifs is 1. The summed E-state index contributed by atoms with van der Waals surface area (Å²) in [6, 6.07) is 25.2. The van der Waals surface area contributed by atoms with E-state index in [1.807, 2.05) is 48.5 Å². The third kappa shape index (κ3) is 3.75. The van der Waals surface area contributed by atoms with Crippen LogP contribution >= 0.6 is 0 Å². The first-order chi connectivity index (χ1) is 17.6. The number of H-pyrrole nitrogens is 1. The number of Topliss-reactive ketones (excluding diaryl/α,β-unsaturated/α-hetero) is 1. The number of aromatic nitrogens is 2. The molecule has 3 aromatic carbocycles. The number of nitrogens with one attached hydrogen (secondary N) is 2. The van der Waals surface area contributed by atoms with Crippen LogP contribution in [0.5, 0.6) is 5.75 Å². The van der Waals surface area contributed by atoms with Crippen LogP contribution in [0.2, 0.25) is 0 Å². The summed E-state index contributed by atoms with van der Waals surface area (Å²) in [7, 11) is 0. The van der Waals surface area contributed by atoms with Crippen molar-refractivity contribution in [2.75, 3.05) is 5.32 Å². The minimum absolute atomic E-state index is 0.0471. The number of para-hydroxylation sites is 1. The topological polar surface area (TPSA) is 93.2 Å². The van der Waals surface area contributed by atoms with Crippen LogP contribution in [0, 0.1) is 0 Å². The maximum absolute atomic E-state index is 13.6. The molecule has 178 valence electrons. The summed E-state index contributed by atoms with van der Waals surface area (Å²) >= 11 is 0. The van der Waals surface area contributed by atoms with Gasteiger partial charge in [-0.3, -0.25) is 14.7 Å². The number of rotatable bonds is 4. The Bertz CT molecular complexity index is 1550. The lowest BCUT2D eigenvalue weighted by Gasteiger charge is -2.31. The molecule has 0 saturated heterocycles. The molecule has 0 unspecified atom stereocenters. The van der Waals surface area contributed by atoms with Gasteiger partial charge in [-0.25, -0.2) is 9.48 Å². The summed E-state index contributed by atoms with van der Waals surface area (Å²) in [5.41, 5.74) is 3.74. The van der Waals surface area contributed by atoms with Gasteiger partial charge in [0.05, 0.1) is 16.8 Å². The van der Waals surface area contributed by atoms with Crippen molar-refractivity contribution in [1.29, 1.82) is 0 Å². The molecule has 7 nitrogen and oxygen atoms in total. The lowest BCUT2D eigenvalue weighted by molar-refractivity contribution is -0.116. The minimum Gasteiger partial charge on any atom is -0.423 e. The van der Waals surface area contributed by atoms with Gasteiger partial charge in [-0.15, -0.1) is 0 Å². The second-order valence-electron chi connectivity index (χ2n) is 8.93. The summed E-state index contributed by atoms with van der Waals surface area (Å²) in [5, 5.41) is 6.53. The summed E-state index contributed by atoms with van der Waals surface area (Å²) in [5.74, 6) is 0.0717. The third-order valence-corrected chi connectivity index (χ3v) is 6.68. The predicted octanol–water partition coefficient (Wildman–Crippen LogP) is 4.95. The number of aromatic amines is 1. The predicted molar refractivity (Wildman–Crippen MR) is 136 cm³/mol. The molecule has 36 heavy (non-hydrogen) atoms. The zero-order chi connectivity index (χ0) is 24.6. The second kappa shape index (κ2) is 8.85. The highest BCUT2D eigenvalue weighted by atomic mass is 16.5. The molecule has 2 aliphatic rings. The van der Waals surface area contributed by atoms with Crippen LogP contribution in [-0.4, -0.2) is 21.5 Å². The zero-order valence-electron chi connectivity index (χ0n) is 19.4. The number of carbonyl (C=O) groups excluding carboxylic acids is 2. The molecule has 1 aromatic heterocycles. The van der Waals surface area contributed by atoms with E-state index in [9.17, 15) is 14.4 Å². The van der Waals surface area contributed by atoms with Crippen LogP contribution in [0.1, 0.15) is 46.7 Å². The average Bonchev–Trinajstić information content (AvgIpc) is 3.25. The SMILES string of the molecule is O=C1CCCC2=C1[C@@H](c1ccc(OC(=O)c3ccccc3)cc1)c1c([nH]n(-c3ccccc3)c1=O)N2. The number of ether oxygens (including phenoxy) is 1. The Morgan fingerprint density at radius 1 is 0.861 bits per heavy atom. The highest BCUT2D eigenvalue weighted by Crippen LogP contribution is 2.43. The molecule has 0 amide bonds. The van der Waals surface area contributed by atoms with E-state index in [1.165, 1.54) is 4.68 Å². The van der Waals surface area contributed by atoms with Crippen molar-refractivity contribution >= 4 is 17.6 Å². The molecule has 0 fully saturated rings. The number of hydrogen-bond acceptors (Lipinski definition) is 5. The number of carbonyl (C=O) groups is 2. The first kappa shape index (κ1) is 21.9. The fraction of sp³-hybridized carbons (Fsp3) is 0.138. The van der Waals surface area contributed by atoms with Gasteiger partial charge < -0.3 is 10.1 Å². The largest absolute Gasteiger partial charge is 0.423 e. The molecular formula is C29H23N3O4. The van der Waals surface area contributed by atoms with Gasteiger partial charge in [-0.05, 0) is 54.8 Å². The van der Waals surface area contributed by atoms with E-state index >= 15 is 0 Å². The van der Waals surface area contributed by atoms with E-state index in [0.717, 1.165) is 24.1 Å². The Morgan fingerprint density at radius 3 is 2.28 bits per heavy atom. The Morgan fingerprint density at radius 2 is 1.56 bits per heavy atom. The smallest absolute Gasteiger partial charge is 0.343 e. The average molecular weight is 478 g/mol. The number of anilines is 1. The van der Waals surface area contributed by atoms with Crippen LogP contribution in [0.3, 0.4) is 0 Å². The summed E-state index contributed by atoms with van der Waals surface area (Å²) < 4.78 is 7.03. The van der Waals surface area contributed by atoms with Gasteiger partial charge in [0, 0.05) is 23.6 Å². The molecular weight excluding hydrogens is 454 g/mol. The van der Waals surface area contributed by atoms with Gasteiger partial charge in [0.25, 0.3) is 5.56 Å². The number of esters is 1. The molecule has 1 aliphatic heterocycles. The van der Waals surface area contributed by atoms with E-state index in [-0.39, 0.29) is 11.3 Å². The molecule has 7 heteroatoms. The second-order valence-corrected chi connectivity index (χ2v) is 8.93. The van der Waals surface area contributed by atoms with Gasteiger partial charge in [0.15, 0.2) is 5.78 Å². The molecule has 1 atom stereocenters. The number of benzene rings is 3. The lowest BCUT2D eigenvalue weighted by Crippen LogP contribution is -2.29. The quantitative estimate of drug-likeness (QED) is 0.321. The molecule has 2 heterocycles. The zero-order valence-corrected chi connectivity index (χ0v) is 19.4. The van der Waals surface area contributed by atoms with Crippen LogP contribution in [0.15, 0.2) is 101 Å². The maximum Gasteiger partial charge on any atom is 0.343 e. The summed E-state index contributed by atoms with van der Waals surface area (Å²) in [4.78, 5) is 39.2. The fourth-order valence-electron chi connectivity index (χ4n) is 5.00. The highest BCUT2D eigenvalue weighted by molar-refractivity contribution is 6.01. The van der Waals surface area contributed by atoms with Crippen LogP contribution < -0.4 is 15.6 Å². The van der Waals surface area contributed by atoms with Gasteiger partial charge in [0.1, 0.15) is 11.6 Å². The molecule has 0 bridgehead atoms. The standard InChI is InChI=1S/C29H23N3O4/c33-23-13-7-12-22-25(23)24(26-27(30-22)31-32(28(26)34)20-10-5-2-6-11-20)18-14-16-21(17-15-18)36-29(35)19-8-3-1-4-9-19/h1-6,8-11,14-17,24,30-31H,7,12-13H2/t24-/m1/s1. The lowest BCUT2D eigenvalue weighted by atomic mass is 9.77. The van der Waals surface area contributed by atoms with Gasteiger partial charge in [-0.1, -0.05) is 48.5 Å². The number of nitrogens with zero attached hydrogens (tertiary/aromatic N) is 1. The van der Waals surface area contributed by atoms with E-state index in [0.29, 0.717) is 40.4 Å². The van der Waals surface area contributed by atoms with Crippen molar-refractivity contribution in [3.63, 3.8) is 0 Å². The van der Waals surface area contributed by atoms with Crippen molar-refractivity contribution in [3.8, 4) is 11.4 Å². The number of ketones is 1. The highest BCUT2D eigenvalue weighted by Gasteiger charge is 2.38. The molecule has 4 aromatic rings. The number of hydrogen-bond donors (Lipinski definition) is 2. The van der Waals surface area contributed by atoms with Gasteiger partial charge in [-0.2, -0.15) is 0 Å². The Labute approximate surface area is 207 Å². The first-order valence-electron chi connectivity index (χ1n) is 11.9. The van der Waals surface area contributed by atoms with E-state index in [4.69, 9.17) is 4.74 Å². The molecule has 1 aliphatic carbocycles. The normalized spacial score (nSPS) is 16.7. The molecule has 2 N–H and O–H groups in total. The van der Waals surface area contributed by atoms with Crippen molar-refractivity contribution in [2.45, 2.75) is 25.2 Å². The van der Waals surface area contributed by atoms with Crippen LogP contribution in [0.4, 0.5) is 5.82 Å². The summed E-state index contributed by atoms with van der Waals surface area (Å²) in [6.45, 7) is 0. The minimum atomic E-state index is -0.517. The van der Waals surface area contributed by atoms with Gasteiger partial charge in [0.2, 0.25) is 0 Å². The summed E-state index contributed by atoms with van der Waals surface area (Å²) in [6.07, 6.45) is 1.96. The maximum atomic E-state index is 13.6. The van der Waals surface area contributed by atoms with E-state index in [1.54, 1.807) is 36.4 Å².